The number of nitrogens with one attached hydrogen (secondary N) is 1. The highest BCUT2D eigenvalue weighted by Crippen LogP contribution is 2.30. The molecule has 0 spiro atoms. The van der Waals surface area contributed by atoms with Crippen molar-refractivity contribution in [3.8, 4) is 16.2 Å². The molecular formula is C34H28FN5O3S. The van der Waals surface area contributed by atoms with Crippen molar-refractivity contribution in [2.45, 2.75) is 13.0 Å². The summed E-state index contributed by atoms with van der Waals surface area (Å²) < 4.78 is 21.2. The van der Waals surface area contributed by atoms with Gasteiger partial charge in [-0.1, -0.05) is 36.4 Å². The van der Waals surface area contributed by atoms with Crippen LogP contribution in [0.4, 0.5) is 16.0 Å². The van der Waals surface area contributed by atoms with Crippen molar-refractivity contribution < 1.29 is 18.7 Å². The number of pyridine rings is 1. The van der Waals surface area contributed by atoms with Crippen LogP contribution in [0, 0.1) is 5.95 Å². The second-order valence-electron chi connectivity index (χ2n) is 10.0. The maximum atomic E-state index is 13.7. The molecule has 0 saturated heterocycles. The SMILES string of the molecule is COc1ccccc1CCn1c(NC(=O)c2ccc(-c3ccnc(F)c3)s2)nc2cc(N(C)C(=O)c3ccccc3)ccc21. The first-order valence-corrected chi connectivity index (χ1v) is 14.7. The molecule has 1 N–H and O–H groups in total. The zero-order valence-corrected chi connectivity index (χ0v) is 24.8. The molecule has 3 aromatic carbocycles. The van der Waals surface area contributed by atoms with E-state index < -0.39 is 5.95 Å². The quantitative estimate of drug-likeness (QED) is 0.178. The minimum absolute atomic E-state index is 0.142. The third-order valence-corrected chi connectivity index (χ3v) is 8.44. The molecular weight excluding hydrogens is 577 g/mol. The number of hydrogen-bond donors (Lipinski definition) is 1. The number of methoxy groups -OCH3 is 1. The second-order valence-corrected chi connectivity index (χ2v) is 11.1. The van der Waals surface area contributed by atoms with E-state index in [2.05, 4.69) is 10.3 Å². The molecule has 8 nitrogen and oxygen atoms in total. The number of anilines is 2. The number of rotatable bonds is 9. The number of nitrogens with zero attached hydrogens (tertiary/aromatic N) is 4. The molecule has 0 aliphatic rings. The largest absolute Gasteiger partial charge is 0.496 e. The number of hydrogen-bond acceptors (Lipinski definition) is 6. The van der Waals surface area contributed by atoms with Crippen molar-refractivity contribution in [3.63, 3.8) is 0 Å². The van der Waals surface area contributed by atoms with Crippen LogP contribution in [0.25, 0.3) is 21.5 Å². The number of aromatic nitrogens is 3. The first-order chi connectivity index (χ1) is 21.4. The van der Waals surface area contributed by atoms with E-state index in [4.69, 9.17) is 9.72 Å². The highest BCUT2D eigenvalue weighted by molar-refractivity contribution is 7.17. The Kier molecular flexibility index (Phi) is 8.16. The van der Waals surface area contributed by atoms with Gasteiger partial charge in [-0.05, 0) is 72.1 Å². The van der Waals surface area contributed by atoms with Gasteiger partial charge < -0.3 is 14.2 Å². The fourth-order valence-electron chi connectivity index (χ4n) is 5.02. The summed E-state index contributed by atoms with van der Waals surface area (Å²) in [6, 6.07) is 29.0. The molecule has 6 aromatic rings. The number of fused-ring (bicyclic) bond motifs is 1. The van der Waals surface area contributed by atoms with Crippen LogP contribution in [0.1, 0.15) is 25.6 Å². The Morgan fingerprint density at radius 1 is 0.977 bits per heavy atom. The van der Waals surface area contributed by atoms with Gasteiger partial charge >= 0.3 is 0 Å². The van der Waals surface area contributed by atoms with Gasteiger partial charge in [0.25, 0.3) is 11.8 Å². The first kappa shape index (κ1) is 28.8. The van der Waals surface area contributed by atoms with Gasteiger partial charge in [0.2, 0.25) is 11.9 Å². The van der Waals surface area contributed by atoms with Crippen molar-refractivity contribution in [2.75, 3.05) is 24.4 Å². The van der Waals surface area contributed by atoms with E-state index >= 15 is 0 Å². The molecule has 10 heteroatoms. The van der Waals surface area contributed by atoms with Gasteiger partial charge in [0.1, 0.15) is 5.75 Å². The minimum atomic E-state index is -0.582. The monoisotopic (exact) mass is 605 g/mol. The number of para-hydroxylation sites is 1. The number of carbonyl (C=O) groups is 2. The Morgan fingerprint density at radius 2 is 1.77 bits per heavy atom. The van der Waals surface area contributed by atoms with Crippen LogP contribution in [-0.4, -0.2) is 40.5 Å². The Balaban J connectivity index is 1.32. The molecule has 6 rings (SSSR count). The first-order valence-electron chi connectivity index (χ1n) is 13.9. The zero-order valence-electron chi connectivity index (χ0n) is 24.0. The van der Waals surface area contributed by atoms with Crippen molar-refractivity contribution in [3.05, 3.63) is 125 Å². The number of aryl methyl sites for hydroxylation is 2. The second kappa shape index (κ2) is 12.5. The van der Waals surface area contributed by atoms with E-state index in [0.29, 0.717) is 46.1 Å². The molecule has 3 aromatic heterocycles. The van der Waals surface area contributed by atoms with E-state index in [9.17, 15) is 14.0 Å². The zero-order chi connectivity index (χ0) is 30.6. The smallest absolute Gasteiger partial charge is 0.268 e. The Bertz CT molecular complexity index is 1970. The summed E-state index contributed by atoms with van der Waals surface area (Å²) in [6.45, 7) is 0.511. The molecule has 0 saturated carbocycles. The highest BCUT2D eigenvalue weighted by Gasteiger charge is 2.19. The number of amides is 2. The van der Waals surface area contributed by atoms with E-state index in [1.54, 1.807) is 49.4 Å². The summed E-state index contributed by atoms with van der Waals surface area (Å²) in [5, 5.41) is 2.98. The van der Waals surface area contributed by atoms with Crippen LogP contribution < -0.4 is 15.0 Å². The van der Waals surface area contributed by atoms with Crippen LogP contribution >= 0.6 is 11.3 Å². The molecule has 0 fully saturated rings. The number of halogens is 1. The summed E-state index contributed by atoms with van der Waals surface area (Å²) in [4.78, 5) is 37.7. The molecule has 0 bridgehead atoms. The van der Waals surface area contributed by atoms with E-state index in [0.717, 1.165) is 21.7 Å². The molecule has 0 unspecified atom stereocenters. The van der Waals surface area contributed by atoms with Gasteiger partial charge in [-0.25, -0.2) is 9.97 Å². The van der Waals surface area contributed by atoms with Crippen LogP contribution in [-0.2, 0) is 13.0 Å². The Morgan fingerprint density at radius 3 is 2.57 bits per heavy atom. The summed E-state index contributed by atoms with van der Waals surface area (Å²) in [5.41, 5.74) is 4.35. The van der Waals surface area contributed by atoms with Crippen molar-refractivity contribution in [2.24, 2.45) is 0 Å². The van der Waals surface area contributed by atoms with Gasteiger partial charge in [-0.3, -0.25) is 14.9 Å². The maximum Gasteiger partial charge on any atom is 0.268 e. The Labute approximate surface area is 257 Å². The fourth-order valence-corrected chi connectivity index (χ4v) is 5.91. The van der Waals surface area contributed by atoms with Crippen molar-refractivity contribution >= 4 is 45.8 Å². The van der Waals surface area contributed by atoms with Crippen molar-refractivity contribution in [1.29, 1.82) is 0 Å². The topological polar surface area (TPSA) is 89.3 Å². The van der Waals surface area contributed by atoms with E-state index in [1.807, 2.05) is 65.2 Å². The van der Waals surface area contributed by atoms with Gasteiger partial charge in [0, 0.05) is 42.0 Å². The van der Waals surface area contributed by atoms with Gasteiger partial charge in [-0.15, -0.1) is 11.3 Å². The molecule has 3 heterocycles. The third-order valence-electron chi connectivity index (χ3n) is 7.31. The van der Waals surface area contributed by atoms with E-state index in [-0.39, 0.29) is 11.8 Å². The highest BCUT2D eigenvalue weighted by atomic mass is 32.1. The predicted molar refractivity (Wildman–Crippen MR) is 171 cm³/mol. The Hall–Kier alpha value is -5.35. The average Bonchev–Trinajstić information content (AvgIpc) is 3.68. The number of ether oxygens (including phenoxy) is 1. The van der Waals surface area contributed by atoms with Crippen LogP contribution in [0.15, 0.2) is 103 Å². The molecule has 0 radical (unpaired) electrons. The lowest BCUT2D eigenvalue weighted by molar-refractivity contribution is 0.0991. The van der Waals surface area contributed by atoms with Gasteiger partial charge in [0.05, 0.1) is 23.0 Å². The summed E-state index contributed by atoms with van der Waals surface area (Å²) in [5.74, 6) is 0.0996. The number of thiophene rings is 1. The van der Waals surface area contributed by atoms with Crippen molar-refractivity contribution in [1.82, 2.24) is 14.5 Å². The molecule has 44 heavy (non-hydrogen) atoms. The average molecular weight is 606 g/mol. The minimum Gasteiger partial charge on any atom is -0.496 e. The number of carbonyl (C=O) groups excluding carboxylic acids is 2. The van der Waals surface area contributed by atoms with Gasteiger partial charge in [-0.2, -0.15) is 4.39 Å². The fraction of sp³-hybridized carbons (Fsp3) is 0.118. The molecule has 220 valence electrons. The van der Waals surface area contributed by atoms with Crippen LogP contribution in [0.2, 0.25) is 0 Å². The van der Waals surface area contributed by atoms with Gasteiger partial charge in [0.15, 0.2) is 0 Å². The molecule has 2 amide bonds. The molecule has 0 aliphatic carbocycles. The summed E-state index contributed by atoms with van der Waals surface area (Å²) in [7, 11) is 3.36. The molecule has 0 aliphatic heterocycles. The summed E-state index contributed by atoms with van der Waals surface area (Å²) >= 11 is 1.25. The number of benzene rings is 3. The summed E-state index contributed by atoms with van der Waals surface area (Å²) in [6.07, 6.45) is 2.02. The molecule has 0 atom stereocenters. The lowest BCUT2D eigenvalue weighted by atomic mass is 10.1. The lowest BCUT2D eigenvalue weighted by Crippen LogP contribution is -2.26. The van der Waals surface area contributed by atoms with E-state index in [1.165, 1.54) is 23.6 Å². The van der Waals surface area contributed by atoms with Crippen LogP contribution in [0.3, 0.4) is 0 Å². The maximum absolute atomic E-state index is 13.7. The standard InChI is InChI=1S/C34H28FN5O3S/c1-39(33(42)23-9-4-3-5-10-23)25-12-13-27-26(21-25)37-34(40(27)19-17-22-8-6-7-11-28(22)43-2)38-32(41)30-15-14-29(44-30)24-16-18-36-31(35)20-24/h3-16,18,20-21H,17,19H2,1-2H3,(H,37,38,41). The third kappa shape index (κ3) is 5.93. The number of imidazole rings is 1. The van der Waals surface area contributed by atoms with Crippen LogP contribution in [0.5, 0.6) is 5.75 Å². The lowest BCUT2D eigenvalue weighted by Gasteiger charge is -2.17. The predicted octanol–water partition coefficient (Wildman–Crippen LogP) is 7.08. The normalized spacial score (nSPS) is 11.0.